The molecule has 1 heterocycles. The minimum Gasteiger partial charge on any atom is -0.474 e. The minimum absolute atomic E-state index is 0.152. The van der Waals surface area contributed by atoms with E-state index in [0.29, 0.717) is 0 Å². The van der Waals surface area contributed by atoms with Gasteiger partial charge in [0.1, 0.15) is 0 Å². The predicted octanol–water partition coefficient (Wildman–Crippen LogP) is -3.04. The van der Waals surface area contributed by atoms with Gasteiger partial charge in [0, 0.05) is 0 Å². The molecule has 5 N–H and O–H groups in total. The molecular formula is C5H6N4O4. The van der Waals surface area contributed by atoms with Gasteiger partial charge in [-0.3, -0.25) is 14.9 Å². The summed E-state index contributed by atoms with van der Waals surface area (Å²) in [6, 6.07) is 0. The van der Waals surface area contributed by atoms with Crippen molar-refractivity contribution in [2.45, 2.75) is 6.17 Å². The first-order valence-corrected chi connectivity index (χ1v) is 3.18. The molecule has 0 aliphatic carbocycles. The van der Waals surface area contributed by atoms with Crippen LogP contribution in [0.1, 0.15) is 0 Å². The van der Waals surface area contributed by atoms with E-state index in [1.54, 1.807) is 0 Å². The minimum atomic E-state index is -1.69. The van der Waals surface area contributed by atoms with Crippen molar-refractivity contribution in [1.29, 1.82) is 0 Å². The SMILES string of the molecule is NC1=NC(NC(=O)C(=O)O)C(=O)N1. The second kappa shape index (κ2) is 3.09. The topological polar surface area (TPSA) is 134 Å². The van der Waals surface area contributed by atoms with Crippen LogP contribution in [-0.4, -0.2) is 35.0 Å². The molecule has 8 nitrogen and oxygen atoms in total. The number of nitrogens with one attached hydrogen (secondary N) is 2. The van der Waals surface area contributed by atoms with Gasteiger partial charge < -0.3 is 16.2 Å². The fourth-order valence-electron chi connectivity index (χ4n) is 0.708. The van der Waals surface area contributed by atoms with Gasteiger partial charge in [-0.2, -0.15) is 0 Å². The first-order valence-electron chi connectivity index (χ1n) is 3.18. The number of amides is 2. The Hall–Kier alpha value is -2.12. The molecule has 1 unspecified atom stereocenters. The summed E-state index contributed by atoms with van der Waals surface area (Å²) in [5, 5.41) is 12.1. The molecule has 0 radical (unpaired) electrons. The van der Waals surface area contributed by atoms with E-state index in [-0.39, 0.29) is 5.96 Å². The van der Waals surface area contributed by atoms with Gasteiger partial charge in [0.15, 0.2) is 5.96 Å². The number of guanidine groups is 1. The Kier molecular flexibility index (Phi) is 2.13. The molecule has 0 aromatic carbocycles. The maximum absolute atomic E-state index is 10.8. The Labute approximate surface area is 71.8 Å². The molecule has 1 rings (SSSR count). The first kappa shape index (κ1) is 8.97. The highest BCUT2D eigenvalue weighted by Gasteiger charge is 2.28. The average Bonchev–Trinajstić information content (AvgIpc) is 2.30. The van der Waals surface area contributed by atoms with Gasteiger partial charge in [0.25, 0.3) is 5.91 Å². The second-order valence-electron chi connectivity index (χ2n) is 2.18. The zero-order valence-corrected chi connectivity index (χ0v) is 6.27. The van der Waals surface area contributed by atoms with Crippen LogP contribution in [0.3, 0.4) is 0 Å². The van der Waals surface area contributed by atoms with Crippen molar-refractivity contribution in [2.75, 3.05) is 0 Å². The highest BCUT2D eigenvalue weighted by Crippen LogP contribution is 1.93. The van der Waals surface area contributed by atoms with Gasteiger partial charge in [0.05, 0.1) is 0 Å². The number of hydrogen-bond acceptors (Lipinski definition) is 5. The van der Waals surface area contributed by atoms with Crippen molar-refractivity contribution in [3.05, 3.63) is 0 Å². The third kappa shape index (κ3) is 1.92. The predicted molar refractivity (Wildman–Crippen MR) is 39.3 cm³/mol. The van der Waals surface area contributed by atoms with Crippen molar-refractivity contribution >= 4 is 23.7 Å². The first-order chi connectivity index (χ1) is 6.00. The molecule has 1 atom stereocenters. The third-order valence-corrected chi connectivity index (χ3v) is 1.23. The van der Waals surface area contributed by atoms with Crippen molar-refractivity contribution in [3.8, 4) is 0 Å². The fourth-order valence-corrected chi connectivity index (χ4v) is 0.708. The number of carbonyl (C=O) groups is 3. The standard InChI is InChI=1S/C5H6N4O4/c6-5-8-1(2(10)9-5)7-3(11)4(12)13/h1H,(H,7,11)(H,12,13)(H3,6,8,9,10). The van der Waals surface area contributed by atoms with E-state index >= 15 is 0 Å². The van der Waals surface area contributed by atoms with Crippen molar-refractivity contribution < 1.29 is 19.5 Å². The third-order valence-electron chi connectivity index (χ3n) is 1.23. The number of carboxylic acids is 1. The fraction of sp³-hybridized carbons (Fsp3) is 0.200. The van der Waals surface area contributed by atoms with E-state index in [4.69, 9.17) is 10.8 Å². The average molecular weight is 186 g/mol. The molecule has 0 aromatic rings. The van der Waals surface area contributed by atoms with E-state index in [1.807, 2.05) is 5.32 Å². The van der Waals surface area contributed by atoms with Crippen LogP contribution in [-0.2, 0) is 14.4 Å². The quantitative estimate of drug-likeness (QED) is 0.323. The highest BCUT2D eigenvalue weighted by atomic mass is 16.4. The number of aliphatic carboxylic acids is 1. The molecule has 0 spiro atoms. The normalized spacial score (nSPS) is 20.5. The molecule has 1 aliphatic heterocycles. The van der Waals surface area contributed by atoms with Crippen LogP contribution in [0, 0.1) is 0 Å². The van der Waals surface area contributed by atoms with Crippen LogP contribution >= 0.6 is 0 Å². The van der Waals surface area contributed by atoms with E-state index in [1.165, 1.54) is 0 Å². The lowest BCUT2D eigenvalue weighted by Gasteiger charge is -2.03. The van der Waals surface area contributed by atoms with E-state index in [0.717, 1.165) is 0 Å². The van der Waals surface area contributed by atoms with Gasteiger partial charge >= 0.3 is 11.9 Å². The summed E-state index contributed by atoms with van der Waals surface area (Å²) in [5.74, 6) is -3.81. The molecule has 0 aromatic heterocycles. The van der Waals surface area contributed by atoms with Crippen LogP contribution in [0.4, 0.5) is 0 Å². The summed E-state index contributed by atoms with van der Waals surface area (Å²) >= 11 is 0. The summed E-state index contributed by atoms with van der Waals surface area (Å²) in [4.78, 5) is 34.9. The Bertz CT molecular complexity index is 310. The van der Waals surface area contributed by atoms with Gasteiger partial charge in [-0.05, 0) is 0 Å². The van der Waals surface area contributed by atoms with Gasteiger partial charge in [-0.25, -0.2) is 9.79 Å². The Morgan fingerprint density at radius 1 is 1.62 bits per heavy atom. The number of nitrogens with zero attached hydrogens (tertiary/aromatic N) is 1. The van der Waals surface area contributed by atoms with Gasteiger partial charge in [-0.15, -0.1) is 0 Å². The van der Waals surface area contributed by atoms with Crippen LogP contribution in [0.25, 0.3) is 0 Å². The molecule has 1 aliphatic rings. The summed E-state index contributed by atoms with van der Waals surface area (Å²) in [6.45, 7) is 0. The summed E-state index contributed by atoms with van der Waals surface area (Å²) in [6.07, 6.45) is -1.25. The number of rotatable bonds is 1. The zero-order chi connectivity index (χ0) is 10.0. The molecule has 0 saturated heterocycles. The maximum atomic E-state index is 10.8. The smallest absolute Gasteiger partial charge is 0.394 e. The molecule has 70 valence electrons. The summed E-state index contributed by atoms with van der Waals surface area (Å²) in [5.41, 5.74) is 5.09. The van der Waals surface area contributed by atoms with E-state index in [9.17, 15) is 14.4 Å². The number of carboxylic acid groups (broad SMARTS) is 1. The van der Waals surface area contributed by atoms with Crippen LogP contribution in [0.5, 0.6) is 0 Å². The lowest BCUT2D eigenvalue weighted by molar-refractivity contribution is -0.150. The second-order valence-corrected chi connectivity index (χ2v) is 2.18. The van der Waals surface area contributed by atoms with Gasteiger partial charge in [-0.1, -0.05) is 0 Å². The number of nitrogens with two attached hydrogens (primary N) is 1. The molecule has 8 heteroatoms. The largest absolute Gasteiger partial charge is 0.474 e. The van der Waals surface area contributed by atoms with Gasteiger partial charge in [0.2, 0.25) is 6.17 Å². The molecule has 2 amide bonds. The Morgan fingerprint density at radius 3 is 2.62 bits per heavy atom. The zero-order valence-electron chi connectivity index (χ0n) is 6.27. The number of carbonyl (C=O) groups excluding carboxylic acids is 2. The molecule has 13 heavy (non-hydrogen) atoms. The van der Waals surface area contributed by atoms with Crippen LogP contribution < -0.4 is 16.4 Å². The number of aliphatic imine (C=N–C) groups is 1. The van der Waals surface area contributed by atoms with Crippen LogP contribution in [0.2, 0.25) is 0 Å². The van der Waals surface area contributed by atoms with Crippen molar-refractivity contribution in [2.24, 2.45) is 10.7 Å². The molecule has 0 fully saturated rings. The summed E-state index contributed by atoms with van der Waals surface area (Å²) in [7, 11) is 0. The highest BCUT2D eigenvalue weighted by molar-refractivity contribution is 6.32. The van der Waals surface area contributed by atoms with Crippen LogP contribution in [0.15, 0.2) is 4.99 Å². The van der Waals surface area contributed by atoms with Crippen molar-refractivity contribution in [3.63, 3.8) is 0 Å². The number of hydrogen-bond donors (Lipinski definition) is 4. The molecule has 0 bridgehead atoms. The van der Waals surface area contributed by atoms with E-state index in [2.05, 4.69) is 10.3 Å². The Morgan fingerprint density at radius 2 is 2.23 bits per heavy atom. The monoisotopic (exact) mass is 186 g/mol. The Balaban J connectivity index is 2.60. The van der Waals surface area contributed by atoms with Crippen molar-refractivity contribution in [1.82, 2.24) is 10.6 Å². The lowest BCUT2D eigenvalue weighted by atomic mass is 10.4. The maximum Gasteiger partial charge on any atom is 0.394 e. The summed E-state index contributed by atoms with van der Waals surface area (Å²) < 4.78 is 0. The van der Waals surface area contributed by atoms with E-state index < -0.39 is 23.9 Å². The molecule has 0 saturated carbocycles. The molecular weight excluding hydrogens is 180 g/mol. The lowest BCUT2D eigenvalue weighted by Crippen LogP contribution is -2.44.